The normalized spacial score (nSPS) is 13.9. The number of carbonyl (C=O) groups is 2. The molecule has 0 saturated heterocycles. The van der Waals surface area contributed by atoms with Crippen molar-refractivity contribution < 1.29 is 19.4 Å². The van der Waals surface area contributed by atoms with Gasteiger partial charge in [0.2, 0.25) is 5.91 Å². The van der Waals surface area contributed by atoms with E-state index in [1.54, 1.807) is 7.11 Å². The molecule has 18 heavy (non-hydrogen) atoms. The van der Waals surface area contributed by atoms with Crippen LogP contribution in [-0.4, -0.2) is 42.8 Å². The Hall–Kier alpha value is -1.14. The van der Waals surface area contributed by atoms with Gasteiger partial charge < -0.3 is 20.9 Å². The van der Waals surface area contributed by atoms with E-state index in [9.17, 15) is 9.59 Å². The van der Waals surface area contributed by atoms with Crippen LogP contribution in [0.1, 0.15) is 39.0 Å². The molecule has 0 rings (SSSR count). The molecule has 4 N–H and O–H groups in total. The molecule has 0 spiro atoms. The van der Waals surface area contributed by atoms with Crippen LogP contribution in [0, 0.1) is 0 Å². The van der Waals surface area contributed by atoms with Gasteiger partial charge in [0.05, 0.1) is 0 Å². The quantitative estimate of drug-likeness (QED) is 0.496. The minimum atomic E-state index is -1.02. The van der Waals surface area contributed by atoms with Gasteiger partial charge in [-0.1, -0.05) is 13.3 Å². The molecule has 0 fully saturated rings. The molecule has 0 bridgehead atoms. The average molecular weight is 260 g/mol. The highest BCUT2D eigenvalue weighted by Crippen LogP contribution is 2.02. The van der Waals surface area contributed by atoms with Crippen molar-refractivity contribution in [2.24, 2.45) is 5.73 Å². The fourth-order valence-corrected chi connectivity index (χ4v) is 1.65. The van der Waals surface area contributed by atoms with Crippen molar-refractivity contribution >= 4 is 11.9 Å². The molecule has 106 valence electrons. The lowest BCUT2D eigenvalue weighted by atomic mass is 10.1. The predicted molar refractivity (Wildman–Crippen MR) is 68.2 cm³/mol. The van der Waals surface area contributed by atoms with Crippen molar-refractivity contribution in [3.05, 3.63) is 0 Å². The van der Waals surface area contributed by atoms with Crippen LogP contribution in [0.2, 0.25) is 0 Å². The second-order valence-corrected chi connectivity index (χ2v) is 4.35. The van der Waals surface area contributed by atoms with Crippen molar-refractivity contribution in [1.82, 2.24) is 5.32 Å². The van der Waals surface area contributed by atoms with Crippen LogP contribution in [-0.2, 0) is 14.3 Å². The third-order valence-electron chi connectivity index (χ3n) is 2.58. The summed E-state index contributed by atoms with van der Waals surface area (Å²) in [5.41, 5.74) is 5.73. The van der Waals surface area contributed by atoms with Crippen LogP contribution < -0.4 is 11.1 Å². The van der Waals surface area contributed by atoms with E-state index < -0.39 is 12.0 Å². The summed E-state index contributed by atoms with van der Waals surface area (Å²) in [6.07, 6.45) is 2.79. The molecular weight excluding hydrogens is 236 g/mol. The minimum absolute atomic E-state index is 0.169. The zero-order chi connectivity index (χ0) is 14.0. The molecule has 0 aromatic heterocycles. The summed E-state index contributed by atoms with van der Waals surface area (Å²) in [5.74, 6) is -1.33. The third kappa shape index (κ3) is 8.03. The molecule has 0 saturated carbocycles. The summed E-state index contributed by atoms with van der Waals surface area (Å²) >= 11 is 0. The SMILES string of the molecule is CCCC(N)CC(=O)NC(CCCOC)C(=O)O. The lowest BCUT2D eigenvalue weighted by Gasteiger charge is -2.16. The van der Waals surface area contributed by atoms with Crippen molar-refractivity contribution in [2.45, 2.75) is 51.1 Å². The maximum atomic E-state index is 11.6. The number of carboxylic acid groups (broad SMARTS) is 1. The minimum Gasteiger partial charge on any atom is -0.480 e. The first kappa shape index (κ1) is 16.9. The third-order valence-corrected chi connectivity index (χ3v) is 2.58. The van der Waals surface area contributed by atoms with Crippen molar-refractivity contribution in [1.29, 1.82) is 0 Å². The van der Waals surface area contributed by atoms with Crippen LogP contribution >= 0.6 is 0 Å². The van der Waals surface area contributed by atoms with Gasteiger partial charge in [-0.3, -0.25) is 4.79 Å². The van der Waals surface area contributed by atoms with Crippen LogP contribution in [0.25, 0.3) is 0 Å². The second kappa shape index (κ2) is 9.85. The van der Waals surface area contributed by atoms with Gasteiger partial charge in [0.15, 0.2) is 0 Å². The predicted octanol–water partition coefficient (Wildman–Crippen LogP) is 0.500. The van der Waals surface area contributed by atoms with Gasteiger partial charge in [0, 0.05) is 26.2 Å². The number of hydrogen-bond donors (Lipinski definition) is 3. The van der Waals surface area contributed by atoms with Crippen LogP contribution in [0.4, 0.5) is 0 Å². The first-order valence-corrected chi connectivity index (χ1v) is 6.27. The summed E-state index contributed by atoms with van der Waals surface area (Å²) in [7, 11) is 1.55. The largest absolute Gasteiger partial charge is 0.480 e. The zero-order valence-electron chi connectivity index (χ0n) is 11.1. The number of carboxylic acids is 1. The summed E-state index contributed by atoms with van der Waals surface area (Å²) in [5, 5.41) is 11.5. The van der Waals surface area contributed by atoms with Gasteiger partial charge in [-0.15, -0.1) is 0 Å². The molecular formula is C12H24N2O4. The molecule has 2 unspecified atom stereocenters. The average Bonchev–Trinajstić information content (AvgIpc) is 2.27. The molecule has 6 nitrogen and oxygen atoms in total. The molecule has 1 amide bonds. The highest BCUT2D eigenvalue weighted by atomic mass is 16.5. The Bertz CT molecular complexity index is 258. The molecule has 0 radical (unpaired) electrons. The molecule has 6 heteroatoms. The lowest BCUT2D eigenvalue weighted by Crippen LogP contribution is -2.42. The Balaban J connectivity index is 4.07. The molecule has 0 aromatic rings. The van der Waals surface area contributed by atoms with E-state index in [0.29, 0.717) is 19.4 Å². The molecule has 0 aliphatic rings. The lowest BCUT2D eigenvalue weighted by molar-refractivity contribution is -0.142. The van der Waals surface area contributed by atoms with E-state index >= 15 is 0 Å². The number of nitrogens with one attached hydrogen (secondary N) is 1. The Morgan fingerprint density at radius 2 is 2.06 bits per heavy atom. The molecule has 0 heterocycles. The second-order valence-electron chi connectivity index (χ2n) is 4.35. The number of carbonyl (C=O) groups excluding carboxylic acids is 1. The first-order valence-electron chi connectivity index (χ1n) is 6.27. The molecule has 0 aromatic carbocycles. The monoisotopic (exact) mass is 260 g/mol. The van der Waals surface area contributed by atoms with Crippen molar-refractivity contribution in [3.63, 3.8) is 0 Å². The van der Waals surface area contributed by atoms with Crippen LogP contribution in [0.15, 0.2) is 0 Å². The number of hydrogen-bond acceptors (Lipinski definition) is 4. The standard InChI is InChI=1S/C12H24N2O4/c1-3-5-9(13)8-11(15)14-10(12(16)17)6-4-7-18-2/h9-10H,3-8,13H2,1-2H3,(H,14,15)(H,16,17). The van der Waals surface area contributed by atoms with Crippen molar-refractivity contribution in [3.8, 4) is 0 Å². The van der Waals surface area contributed by atoms with Crippen LogP contribution in [0.3, 0.4) is 0 Å². The highest BCUT2D eigenvalue weighted by Gasteiger charge is 2.20. The first-order chi connectivity index (χ1) is 8.51. The Morgan fingerprint density at radius 3 is 2.56 bits per heavy atom. The number of rotatable bonds is 10. The summed E-state index contributed by atoms with van der Waals surface area (Å²) in [6, 6.07) is -1.06. The van der Waals surface area contributed by atoms with Crippen molar-refractivity contribution in [2.75, 3.05) is 13.7 Å². The summed E-state index contributed by atoms with van der Waals surface area (Å²) in [6.45, 7) is 2.47. The van der Waals surface area contributed by atoms with Gasteiger partial charge in [-0.05, 0) is 19.3 Å². The number of aliphatic carboxylic acids is 1. The molecule has 2 atom stereocenters. The summed E-state index contributed by atoms with van der Waals surface area (Å²) < 4.78 is 4.85. The Labute approximate surface area is 108 Å². The number of nitrogens with two attached hydrogens (primary N) is 1. The van der Waals surface area contributed by atoms with E-state index in [-0.39, 0.29) is 18.4 Å². The zero-order valence-corrected chi connectivity index (χ0v) is 11.1. The number of ether oxygens (including phenoxy) is 1. The van der Waals surface area contributed by atoms with Gasteiger partial charge in [0.25, 0.3) is 0 Å². The number of methoxy groups -OCH3 is 1. The van der Waals surface area contributed by atoms with E-state index in [4.69, 9.17) is 15.6 Å². The van der Waals surface area contributed by atoms with Gasteiger partial charge >= 0.3 is 5.97 Å². The Morgan fingerprint density at radius 1 is 1.39 bits per heavy atom. The fraction of sp³-hybridized carbons (Fsp3) is 0.833. The van der Waals surface area contributed by atoms with Gasteiger partial charge in [0.1, 0.15) is 6.04 Å². The highest BCUT2D eigenvalue weighted by molar-refractivity contribution is 5.83. The fourth-order valence-electron chi connectivity index (χ4n) is 1.65. The molecule has 0 aliphatic carbocycles. The van der Waals surface area contributed by atoms with E-state index in [0.717, 1.165) is 12.8 Å². The molecule has 0 aliphatic heterocycles. The van der Waals surface area contributed by atoms with E-state index in [1.165, 1.54) is 0 Å². The van der Waals surface area contributed by atoms with E-state index in [1.807, 2.05) is 6.92 Å². The van der Waals surface area contributed by atoms with Crippen LogP contribution in [0.5, 0.6) is 0 Å². The maximum Gasteiger partial charge on any atom is 0.326 e. The van der Waals surface area contributed by atoms with E-state index in [2.05, 4.69) is 5.32 Å². The van der Waals surface area contributed by atoms with Gasteiger partial charge in [-0.25, -0.2) is 4.79 Å². The number of amides is 1. The Kier molecular flexibility index (Phi) is 9.22. The smallest absolute Gasteiger partial charge is 0.326 e. The maximum absolute atomic E-state index is 11.6. The topological polar surface area (TPSA) is 102 Å². The van der Waals surface area contributed by atoms with Gasteiger partial charge in [-0.2, -0.15) is 0 Å². The summed E-state index contributed by atoms with van der Waals surface area (Å²) in [4.78, 5) is 22.5.